The average Bonchev–Trinajstić information content (AvgIpc) is 2.52. The van der Waals surface area contributed by atoms with E-state index in [0.717, 1.165) is 0 Å². The first kappa shape index (κ1) is 20.1. The lowest BCUT2D eigenvalue weighted by molar-refractivity contribution is -0.146. The molecule has 2 atom stereocenters. The van der Waals surface area contributed by atoms with Crippen LogP contribution in [0, 0.1) is 5.92 Å². The van der Waals surface area contributed by atoms with Gasteiger partial charge in [-0.15, -0.1) is 0 Å². The van der Waals surface area contributed by atoms with Crippen molar-refractivity contribution in [1.82, 2.24) is 5.32 Å². The monoisotopic (exact) mass is 351 g/mol. The Labute approximate surface area is 145 Å². The lowest BCUT2D eigenvalue weighted by Crippen LogP contribution is -2.45. The van der Waals surface area contributed by atoms with Gasteiger partial charge in [0.25, 0.3) is 5.91 Å². The number of benzene rings is 1. The molecule has 0 bridgehead atoms. The van der Waals surface area contributed by atoms with E-state index in [1.807, 2.05) is 0 Å². The van der Waals surface area contributed by atoms with E-state index in [1.165, 1.54) is 31.2 Å². The van der Waals surface area contributed by atoms with Crippen molar-refractivity contribution in [2.24, 2.45) is 5.92 Å². The van der Waals surface area contributed by atoms with Gasteiger partial charge in [-0.3, -0.25) is 14.4 Å². The predicted molar refractivity (Wildman–Crippen MR) is 87.1 cm³/mol. The maximum Gasteiger partial charge on any atom is 0.326 e. The summed E-state index contributed by atoms with van der Waals surface area (Å²) in [4.78, 5) is 46.0. The molecule has 1 amide bonds. The van der Waals surface area contributed by atoms with Crippen molar-refractivity contribution in [2.75, 3.05) is 6.61 Å². The van der Waals surface area contributed by atoms with E-state index in [1.54, 1.807) is 13.8 Å². The highest BCUT2D eigenvalue weighted by Crippen LogP contribution is 2.14. The van der Waals surface area contributed by atoms with Gasteiger partial charge in [0.1, 0.15) is 11.8 Å². The van der Waals surface area contributed by atoms with Crippen molar-refractivity contribution in [3.63, 3.8) is 0 Å². The quantitative estimate of drug-likeness (QED) is 0.536. The highest BCUT2D eigenvalue weighted by Gasteiger charge is 2.29. The van der Waals surface area contributed by atoms with Crippen molar-refractivity contribution >= 4 is 23.8 Å². The van der Waals surface area contributed by atoms with Gasteiger partial charge >= 0.3 is 17.9 Å². The van der Waals surface area contributed by atoms with Gasteiger partial charge in [-0.05, 0) is 37.1 Å². The normalized spacial score (nSPS) is 12.6. The number of amides is 1. The summed E-state index contributed by atoms with van der Waals surface area (Å²) in [6.45, 7) is 4.64. The highest BCUT2D eigenvalue weighted by molar-refractivity contribution is 5.96. The number of carboxylic acids is 1. The highest BCUT2D eigenvalue weighted by atomic mass is 16.5. The van der Waals surface area contributed by atoms with Crippen LogP contribution >= 0.6 is 0 Å². The summed E-state index contributed by atoms with van der Waals surface area (Å²) in [5.74, 6) is -3.26. The lowest BCUT2D eigenvalue weighted by Gasteiger charge is -2.20. The fourth-order valence-electron chi connectivity index (χ4n) is 2.11. The zero-order valence-electron chi connectivity index (χ0n) is 14.3. The van der Waals surface area contributed by atoms with E-state index in [0.29, 0.717) is 0 Å². The van der Waals surface area contributed by atoms with Crippen molar-refractivity contribution in [2.45, 2.75) is 33.2 Å². The molecule has 0 radical (unpaired) electrons. The minimum Gasteiger partial charge on any atom is -0.480 e. The Morgan fingerprint density at radius 3 is 2.24 bits per heavy atom. The molecule has 0 saturated heterocycles. The van der Waals surface area contributed by atoms with Crippen LogP contribution in [0.15, 0.2) is 24.3 Å². The van der Waals surface area contributed by atoms with Gasteiger partial charge in [0, 0.05) is 12.5 Å². The van der Waals surface area contributed by atoms with Crippen LogP contribution < -0.4 is 10.1 Å². The maximum atomic E-state index is 12.2. The summed E-state index contributed by atoms with van der Waals surface area (Å²) in [5, 5.41) is 11.7. The van der Waals surface area contributed by atoms with E-state index in [9.17, 15) is 24.3 Å². The number of carboxylic acid groups (broad SMARTS) is 1. The third-order valence-corrected chi connectivity index (χ3v) is 3.29. The third kappa shape index (κ3) is 6.62. The van der Waals surface area contributed by atoms with Gasteiger partial charge in [0.15, 0.2) is 0 Å². The smallest absolute Gasteiger partial charge is 0.326 e. The molecular weight excluding hydrogens is 330 g/mol. The zero-order valence-corrected chi connectivity index (χ0v) is 14.3. The first-order chi connectivity index (χ1) is 11.7. The second-order valence-electron chi connectivity index (χ2n) is 5.39. The number of nitrogens with one attached hydrogen (secondary N) is 1. The summed E-state index contributed by atoms with van der Waals surface area (Å²) in [6, 6.07) is 4.41. The Balaban J connectivity index is 2.77. The number of ether oxygens (including phenoxy) is 2. The van der Waals surface area contributed by atoms with Crippen LogP contribution in [0.5, 0.6) is 5.75 Å². The van der Waals surface area contributed by atoms with E-state index in [-0.39, 0.29) is 24.3 Å². The van der Waals surface area contributed by atoms with Gasteiger partial charge in [-0.2, -0.15) is 0 Å². The molecule has 0 aromatic heterocycles. The third-order valence-electron chi connectivity index (χ3n) is 3.29. The van der Waals surface area contributed by atoms with Crippen LogP contribution in [0.4, 0.5) is 0 Å². The molecule has 0 fully saturated rings. The van der Waals surface area contributed by atoms with E-state index >= 15 is 0 Å². The van der Waals surface area contributed by atoms with Gasteiger partial charge in [0.05, 0.1) is 13.0 Å². The summed E-state index contributed by atoms with van der Waals surface area (Å²) in [5.41, 5.74) is 0.200. The summed E-state index contributed by atoms with van der Waals surface area (Å²) in [7, 11) is 0. The van der Waals surface area contributed by atoms with Crippen LogP contribution in [0.3, 0.4) is 0 Å². The lowest BCUT2D eigenvalue weighted by atomic mass is 9.98. The molecule has 136 valence electrons. The average molecular weight is 351 g/mol. The second kappa shape index (κ2) is 9.41. The van der Waals surface area contributed by atoms with Crippen molar-refractivity contribution < 1.29 is 33.8 Å². The molecule has 1 aromatic rings. The minimum atomic E-state index is -1.25. The Kier molecular flexibility index (Phi) is 7.58. The molecule has 8 heteroatoms. The van der Waals surface area contributed by atoms with Gasteiger partial charge in [0.2, 0.25) is 0 Å². The molecule has 1 aromatic carbocycles. The number of hydrogen-bond acceptors (Lipinski definition) is 6. The van der Waals surface area contributed by atoms with E-state index in [4.69, 9.17) is 9.47 Å². The Morgan fingerprint density at radius 1 is 1.16 bits per heavy atom. The molecule has 0 heterocycles. The molecule has 0 saturated carbocycles. The molecule has 1 rings (SSSR count). The Bertz CT molecular complexity index is 639. The van der Waals surface area contributed by atoms with Gasteiger partial charge in [-0.1, -0.05) is 6.92 Å². The number of aliphatic carboxylic acids is 1. The van der Waals surface area contributed by atoms with E-state index in [2.05, 4.69) is 5.32 Å². The van der Waals surface area contributed by atoms with Crippen molar-refractivity contribution in [1.29, 1.82) is 0 Å². The van der Waals surface area contributed by atoms with Gasteiger partial charge in [-0.25, -0.2) is 4.79 Å². The van der Waals surface area contributed by atoms with Crippen molar-refractivity contribution in [3.8, 4) is 5.75 Å². The SMILES string of the molecule is CCOC(=O)C[C@H](C)[C@H](NC(=O)c1ccc(OC(C)=O)cc1)C(=O)O. The molecule has 0 spiro atoms. The van der Waals surface area contributed by atoms with Crippen LogP contribution in [0.1, 0.15) is 37.6 Å². The van der Waals surface area contributed by atoms with E-state index < -0.39 is 35.8 Å². The molecule has 25 heavy (non-hydrogen) atoms. The molecule has 8 nitrogen and oxygen atoms in total. The summed E-state index contributed by atoms with van der Waals surface area (Å²) < 4.78 is 9.65. The molecule has 0 unspecified atom stereocenters. The summed E-state index contributed by atoms with van der Waals surface area (Å²) >= 11 is 0. The first-order valence-corrected chi connectivity index (χ1v) is 7.72. The predicted octanol–water partition coefficient (Wildman–Crippen LogP) is 1.38. The van der Waals surface area contributed by atoms with Crippen LogP contribution in [-0.2, 0) is 19.1 Å². The van der Waals surface area contributed by atoms with Gasteiger partial charge < -0.3 is 19.9 Å². The number of hydrogen-bond donors (Lipinski definition) is 2. The van der Waals surface area contributed by atoms with Crippen molar-refractivity contribution in [3.05, 3.63) is 29.8 Å². The number of rotatable bonds is 8. The summed E-state index contributed by atoms with van der Waals surface area (Å²) in [6.07, 6.45) is -0.128. The molecule has 0 aliphatic rings. The number of carbonyl (C=O) groups excluding carboxylic acids is 3. The first-order valence-electron chi connectivity index (χ1n) is 7.72. The molecular formula is C17H21NO7. The number of esters is 2. The Hall–Kier alpha value is -2.90. The topological polar surface area (TPSA) is 119 Å². The maximum absolute atomic E-state index is 12.2. The van der Waals surface area contributed by atoms with Crippen LogP contribution in [0.25, 0.3) is 0 Å². The largest absolute Gasteiger partial charge is 0.480 e. The fourth-order valence-corrected chi connectivity index (χ4v) is 2.11. The molecule has 0 aliphatic carbocycles. The Morgan fingerprint density at radius 2 is 1.76 bits per heavy atom. The standard InChI is InChI=1S/C17H21NO7/c1-4-24-14(20)9-10(2)15(17(22)23)18-16(21)12-5-7-13(8-6-12)25-11(3)19/h5-8,10,15H,4,9H2,1-3H3,(H,18,21)(H,22,23)/t10-,15-/m0/s1. The minimum absolute atomic E-state index is 0.128. The van der Waals surface area contributed by atoms with Crippen LogP contribution in [0.2, 0.25) is 0 Å². The molecule has 0 aliphatic heterocycles. The zero-order chi connectivity index (χ0) is 19.0. The fraction of sp³-hybridized carbons (Fsp3) is 0.412. The number of carbonyl (C=O) groups is 4. The second-order valence-corrected chi connectivity index (χ2v) is 5.39. The molecule has 2 N–H and O–H groups in total. The van der Waals surface area contributed by atoms with Crippen LogP contribution in [-0.4, -0.2) is 41.6 Å².